The first-order valence-corrected chi connectivity index (χ1v) is 5.46. The molecular weight excluding hydrogens is 152 g/mol. The highest BCUT2D eigenvalue weighted by Crippen LogP contribution is 1.82. The van der Waals surface area contributed by atoms with Crippen LogP contribution < -0.4 is 0 Å². The average molecular weight is 168 g/mol. The highest BCUT2D eigenvalue weighted by atomic mass is 28.2. The third-order valence-electron chi connectivity index (χ3n) is 1.12. The molecule has 0 bridgehead atoms. The fourth-order valence-corrected chi connectivity index (χ4v) is 1.20. The van der Waals surface area contributed by atoms with Gasteiger partial charge in [-0.3, -0.25) is 0 Å². The number of hydrogen-bond donors (Lipinski definition) is 0. The summed E-state index contributed by atoms with van der Waals surface area (Å²) in [6.45, 7) is 6.39. The molecule has 0 aliphatic heterocycles. The third kappa shape index (κ3) is 9.40. The molecule has 0 heterocycles. The van der Waals surface area contributed by atoms with Crippen molar-refractivity contribution in [3.8, 4) is 0 Å². The molecule has 0 N–H and O–H groups in total. The van der Waals surface area contributed by atoms with Crippen LogP contribution >= 0.6 is 0 Å². The van der Waals surface area contributed by atoms with Crippen molar-refractivity contribution in [3.63, 3.8) is 0 Å². The Bertz CT molecular complexity index is 138. The van der Waals surface area contributed by atoms with E-state index in [9.17, 15) is 0 Å². The van der Waals surface area contributed by atoms with Gasteiger partial charge in [-0.25, -0.2) is 0 Å². The van der Waals surface area contributed by atoms with Crippen molar-refractivity contribution in [1.29, 1.82) is 0 Å². The van der Waals surface area contributed by atoms with Crippen LogP contribution in [-0.4, -0.2) is 16.4 Å². The van der Waals surface area contributed by atoms with Gasteiger partial charge < -0.3 is 4.43 Å². The summed E-state index contributed by atoms with van der Waals surface area (Å²) in [4.78, 5) is 0. The molecule has 0 rings (SSSR count). The van der Waals surface area contributed by atoms with E-state index in [1.807, 2.05) is 37.3 Å². The highest BCUT2D eigenvalue weighted by molar-refractivity contribution is 6.27. The lowest BCUT2D eigenvalue weighted by molar-refractivity contribution is 0.386. The molecule has 0 saturated carbocycles. The van der Waals surface area contributed by atoms with Crippen LogP contribution in [0.15, 0.2) is 37.0 Å². The summed E-state index contributed by atoms with van der Waals surface area (Å²) >= 11 is 0. The van der Waals surface area contributed by atoms with Crippen LogP contribution in [-0.2, 0) is 4.43 Å². The van der Waals surface area contributed by atoms with Gasteiger partial charge in [0.15, 0.2) is 9.76 Å². The number of rotatable bonds is 6. The first-order chi connectivity index (χ1) is 5.41. The fraction of sp³-hybridized carbons (Fsp3) is 0.333. The summed E-state index contributed by atoms with van der Waals surface area (Å²) < 4.78 is 5.37. The van der Waals surface area contributed by atoms with Crippen molar-refractivity contribution in [3.05, 3.63) is 37.0 Å². The first kappa shape index (κ1) is 10.4. The minimum atomic E-state index is -0.316. The lowest BCUT2D eigenvalue weighted by Gasteiger charge is -1.94. The zero-order chi connectivity index (χ0) is 8.36. The van der Waals surface area contributed by atoms with Gasteiger partial charge >= 0.3 is 0 Å². The molecule has 0 unspecified atom stereocenters. The Balaban J connectivity index is 3.06. The highest BCUT2D eigenvalue weighted by Gasteiger charge is 1.80. The van der Waals surface area contributed by atoms with Gasteiger partial charge in [0.25, 0.3) is 0 Å². The Labute approximate surface area is 71.4 Å². The van der Waals surface area contributed by atoms with E-state index in [1.54, 1.807) is 0 Å². The Morgan fingerprint density at radius 2 is 2.27 bits per heavy atom. The topological polar surface area (TPSA) is 9.23 Å². The minimum absolute atomic E-state index is 0.316. The van der Waals surface area contributed by atoms with E-state index in [0.717, 1.165) is 12.7 Å². The quantitative estimate of drug-likeness (QED) is 0.254. The van der Waals surface area contributed by atoms with Crippen LogP contribution in [0.1, 0.15) is 6.92 Å². The molecule has 0 aromatic rings. The molecule has 0 aromatic carbocycles. The smallest absolute Gasteiger partial charge is 0.165 e. The molecule has 2 heteroatoms. The molecule has 0 spiro atoms. The summed E-state index contributed by atoms with van der Waals surface area (Å²) in [5, 5.41) is 0. The summed E-state index contributed by atoms with van der Waals surface area (Å²) in [6, 6.07) is 1.07. The van der Waals surface area contributed by atoms with Crippen LogP contribution in [0.4, 0.5) is 0 Å². The summed E-state index contributed by atoms with van der Waals surface area (Å²) in [5.41, 5.74) is 0. The maximum absolute atomic E-state index is 5.37. The van der Waals surface area contributed by atoms with Crippen LogP contribution in [0.3, 0.4) is 0 Å². The van der Waals surface area contributed by atoms with Crippen molar-refractivity contribution < 1.29 is 4.43 Å². The normalized spacial score (nSPS) is 12.5. The second-order valence-electron chi connectivity index (χ2n) is 2.11. The van der Waals surface area contributed by atoms with E-state index >= 15 is 0 Å². The standard InChI is InChI=1S/C9H16OSi/c1-3-5-6-7-8-10-11-9-4-2/h3-7H,2,8-9,11H2,1H3. The molecule has 0 aliphatic carbocycles. The van der Waals surface area contributed by atoms with Gasteiger partial charge in [-0.2, -0.15) is 0 Å². The minimum Gasteiger partial charge on any atom is -0.420 e. The van der Waals surface area contributed by atoms with Gasteiger partial charge in [0.2, 0.25) is 0 Å². The van der Waals surface area contributed by atoms with Gasteiger partial charge in [0.1, 0.15) is 0 Å². The second kappa shape index (κ2) is 9.40. The first-order valence-electron chi connectivity index (χ1n) is 3.88. The van der Waals surface area contributed by atoms with E-state index < -0.39 is 0 Å². The Hall–Kier alpha value is -0.603. The molecule has 0 atom stereocenters. The van der Waals surface area contributed by atoms with Gasteiger partial charge in [0, 0.05) is 0 Å². The van der Waals surface area contributed by atoms with Crippen molar-refractivity contribution in [2.75, 3.05) is 6.61 Å². The van der Waals surface area contributed by atoms with Crippen molar-refractivity contribution >= 4 is 9.76 Å². The number of allylic oxidation sites excluding steroid dienone is 4. The zero-order valence-corrected chi connectivity index (χ0v) is 8.54. The predicted molar refractivity (Wildman–Crippen MR) is 53.5 cm³/mol. The molecule has 0 saturated heterocycles. The molecule has 0 aromatic heterocycles. The van der Waals surface area contributed by atoms with Crippen molar-refractivity contribution in [2.24, 2.45) is 0 Å². The monoisotopic (exact) mass is 168 g/mol. The van der Waals surface area contributed by atoms with E-state index in [1.165, 1.54) is 0 Å². The maximum Gasteiger partial charge on any atom is 0.165 e. The molecule has 0 fully saturated rings. The molecule has 0 radical (unpaired) electrons. The lowest BCUT2D eigenvalue weighted by Crippen LogP contribution is -1.95. The Morgan fingerprint density at radius 1 is 1.45 bits per heavy atom. The third-order valence-corrected chi connectivity index (χ3v) is 2.29. The van der Waals surface area contributed by atoms with Crippen LogP contribution in [0.2, 0.25) is 6.04 Å². The SMILES string of the molecule is C=CC[SiH2]OCC=CC=CC. The molecule has 0 aliphatic rings. The fourth-order valence-electron chi connectivity index (χ4n) is 0.563. The number of hydrogen-bond acceptors (Lipinski definition) is 1. The van der Waals surface area contributed by atoms with Gasteiger partial charge in [-0.1, -0.05) is 30.4 Å². The molecule has 11 heavy (non-hydrogen) atoms. The molecule has 62 valence electrons. The van der Waals surface area contributed by atoms with Gasteiger partial charge in [-0.05, 0) is 13.0 Å². The largest absolute Gasteiger partial charge is 0.420 e. The van der Waals surface area contributed by atoms with Crippen LogP contribution in [0.5, 0.6) is 0 Å². The van der Waals surface area contributed by atoms with Crippen LogP contribution in [0.25, 0.3) is 0 Å². The second-order valence-corrected chi connectivity index (χ2v) is 3.50. The summed E-state index contributed by atoms with van der Waals surface area (Å²) in [6.07, 6.45) is 9.94. The molecule has 0 amide bonds. The van der Waals surface area contributed by atoms with Crippen LogP contribution in [0, 0.1) is 0 Å². The zero-order valence-electron chi connectivity index (χ0n) is 7.12. The Kier molecular flexibility index (Phi) is 8.88. The van der Waals surface area contributed by atoms with E-state index in [4.69, 9.17) is 4.43 Å². The average Bonchev–Trinajstić information content (AvgIpc) is 2.03. The van der Waals surface area contributed by atoms with Gasteiger partial charge in [0.05, 0.1) is 6.61 Å². The van der Waals surface area contributed by atoms with Crippen molar-refractivity contribution in [1.82, 2.24) is 0 Å². The van der Waals surface area contributed by atoms with E-state index in [-0.39, 0.29) is 9.76 Å². The lowest BCUT2D eigenvalue weighted by atomic mass is 10.4. The molecule has 1 nitrogen and oxygen atoms in total. The van der Waals surface area contributed by atoms with Crippen molar-refractivity contribution in [2.45, 2.75) is 13.0 Å². The maximum atomic E-state index is 5.37. The van der Waals surface area contributed by atoms with Gasteiger partial charge in [-0.15, -0.1) is 6.58 Å². The summed E-state index contributed by atoms with van der Waals surface area (Å²) in [5.74, 6) is 0. The predicted octanol–water partition coefficient (Wildman–Crippen LogP) is 1.82. The molecular formula is C9H16OSi. The Morgan fingerprint density at radius 3 is 2.91 bits per heavy atom. The van der Waals surface area contributed by atoms with E-state index in [0.29, 0.717) is 0 Å². The van der Waals surface area contributed by atoms with E-state index in [2.05, 4.69) is 6.58 Å². The summed E-state index contributed by atoms with van der Waals surface area (Å²) in [7, 11) is -0.316.